The van der Waals surface area contributed by atoms with Gasteiger partial charge < -0.3 is 10.2 Å². The molecule has 0 aliphatic carbocycles. The minimum absolute atomic E-state index is 0.408. The molecule has 2 aliphatic heterocycles. The van der Waals surface area contributed by atoms with Gasteiger partial charge >= 0.3 is 0 Å². The van der Waals surface area contributed by atoms with Crippen LogP contribution in [0.3, 0.4) is 0 Å². The van der Waals surface area contributed by atoms with E-state index in [2.05, 4.69) is 63.4 Å². The van der Waals surface area contributed by atoms with E-state index in [1.165, 1.54) is 12.0 Å². The van der Waals surface area contributed by atoms with Gasteiger partial charge in [0.25, 0.3) is 0 Å². The number of anilines is 1. The quantitative estimate of drug-likeness (QED) is 0.676. The molecule has 1 aromatic heterocycles. The van der Waals surface area contributed by atoms with Gasteiger partial charge in [-0.15, -0.1) is 0 Å². The molecule has 2 saturated heterocycles. The summed E-state index contributed by atoms with van der Waals surface area (Å²) in [5.74, 6) is 0. The molecule has 3 aromatic rings. The van der Waals surface area contributed by atoms with Crippen LogP contribution in [0.2, 0.25) is 0 Å². The van der Waals surface area contributed by atoms with Crippen molar-refractivity contribution >= 4 is 22.3 Å². The van der Waals surface area contributed by atoms with Crippen molar-refractivity contribution in [2.45, 2.75) is 20.3 Å². The molecule has 2 fully saturated rings. The summed E-state index contributed by atoms with van der Waals surface area (Å²) < 4.78 is 0. The number of nitrogens with one attached hydrogen (secondary N) is 2. The molecule has 0 bridgehead atoms. The maximum atomic E-state index is 8.00. The van der Waals surface area contributed by atoms with Crippen LogP contribution in [-0.2, 0) is 0 Å². The molecular formula is C22H23N5. The summed E-state index contributed by atoms with van der Waals surface area (Å²) in [7, 11) is 0. The van der Waals surface area contributed by atoms with Crippen LogP contribution in [-0.4, -0.2) is 36.4 Å². The lowest BCUT2D eigenvalue weighted by atomic mass is 9.81. The highest BCUT2D eigenvalue weighted by Crippen LogP contribution is 2.47. The number of nitrogens with zero attached hydrogens (tertiary/aromatic N) is 3. The first-order valence-corrected chi connectivity index (χ1v) is 9.52. The zero-order valence-corrected chi connectivity index (χ0v) is 15.8. The summed E-state index contributed by atoms with van der Waals surface area (Å²) in [6, 6.07) is 8.48. The molecule has 3 heterocycles. The highest BCUT2D eigenvalue weighted by Gasteiger charge is 2.43. The fourth-order valence-corrected chi connectivity index (χ4v) is 4.73. The molecule has 2 aliphatic rings. The monoisotopic (exact) mass is 357 g/mol. The predicted molar refractivity (Wildman–Crippen MR) is 109 cm³/mol. The van der Waals surface area contributed by atoms with Gasteiger partial charge in [-0.2, -0.15) is 5.10 Å². The van der Waals surface area contributed by atoms with Crippen molar-refractivity contribution in [1.29, 1.82) is 0 Å². The number of aryl methyl sites for hydroxylation is 2. The van der Waals surface area contributed by atoms with Gasteiger partial charge in [0.1, 0.15) is 0 Å². The lowest BCUT2D eigenvalue weighted by Gasteiger charge is -2.39. The van der Waals surface area contributed by atoms with E-state index in [-0.39, 0.29) is 0 Å². The maximum absolute atomic E-state index is 8.00. The van der Waals surface area contributed by atoms with Crippen molar-refractivity contribution < 1.29 is 0 Å². The Morgan fingerprint density at radius 3 is 2.59 bits per heavy atom. The predicted octanol–water partition coefficient (Wildman–Crippen LogP) is 4.20. The average molecular weight is 357 g/mol. The van der Waals surface area contributed by atoms with Crippen molar-refractivity contribution in [3.05, 3.63) is 53.0 Å². The van der Waals surface area contributed by atoms with E-state index in [4.69, 9.17) is 6.57 Å². The summed E-state index contributed by atoms with van der Waals surface area (Å²) in [6.07, 6.45) is 3.08. The van der Waals surface area contributed by atoms with Crippen LogP contribution in [0.25, 0.3) is 26.9 Å². The second-order valence-electron chi connectivity index (χ2n) is 8.10. The van der Waals surface area contributed by atoms with Gasteiger partial charge in [-0.1, -0.05) is 17.7 Å². The van der Waals surface area contributed by atoms with Gasteiger partial charge in [-0.05, 0) is 49.1 Å². The fourth-order valence-electron chi connectivity index (χ4n) is 4.73. The van der Waals surface area contributed by atoms with Crippen molar-refractivity contribution in [2.75, 3.05) is 31.1 Å². The van der Waals surface area contributed by atoms with Crippen LogP contribution in [0.15, 0.2) is 30.5 Å². The number of fused-ring (bicyclic) bond motifs is 1. The topological polar surface area (TPSA) is 48.3 Å². The molecule has 136 valence electrons. The van der Waals surface area contributed by atoms with E-state index in [1.807, 2.05) is 6.20 Å². The molecule has 5 heteroatoms. The van der Waals surface area contributed by atoms with Crippen LogP contribution in [0.5, 0.6) is 0 Å². The molecule has 0 atom stereocenters. The third kappa shape index (κ3) is 2.37. The Morgan fingerprint density at radius 1 is 1.11 bits per heavy atom. The number of hydrogen-bond acceptors (Lipinski definition) is 3. The van der Waals surface area contributed by atoms with E-state index < -0.39 is 0 Å². The van der Waals surface area contributed by atoms with Crippen molar-refractivity contribution in [3.63, 3.8) is 0 Å². The average Bonchev–Trinajstić information content (AvgIpc) is 3.28. The summed E-state index contributed by atoms with van der Waals surface area (Å²) in [5, 5.41) is 11.8. The van der Waals surface area contributed by atoms with Crippen LogP contribution < -0.4 is 10.2 Å². The molecular weight excluding hydrogens is 334 g/mol. The first-order valence-electron chi connectivity index (χ1n) is 9.52. The Balaban J connectivity index is 1.70. The summed E-state index contributed by atoms with van der Waals surface area (Å²) in [5.41, 5.74) is 7.77. The second kappa shape index (κ2) is 5.83. The van der Waals surface area contributed by atoms with Gasteiger partial charge in [-0.25, -0.2) is 4.85 Å². The smallest absolute Gasteiger partial charge is 0.217 e. The van der Waals surface area contributed by atoms with Crippen LogP contribution in [0.1, 0.15) is 17.5 Å². The third-order valence-corrected chi connectivity index (χ3v) is 6.34. The molecule has 0 amide bonds. The third-order valence-electron chi connectivity index (χ3n) is 6.34. The Labute approximate surface area is 159 Å². The van der Waals surface area contributed by atoms with E-state index >= 15 is 0 Å². The van der Waals surface area contributed by atoms with E-state index in [0.29, 0.717) is 5.41 Å². The number of hydrogen-bond donors (Lipinski definition) is 2. The van der Waals surface area contributed by atoms with Crippen LogP contribution in [0, 0.1) is 25.8 Å². The molecule has 0 saturated carbocycles. The fraction of sp³-hybridized carbons (Fsp3) is 0.364. The van der Waals surface area contributed by atoms with Crippen LogP contribution in [0.4, 0.5) is 11.4 Å². The summed E-state index contributed by atoms with van der Waals surface area (Å²) in [4.78, 5) is 6.46. The van der Waals surface area contributed by atoms with Crippen LogP contribution >= 0.6 is 0 Å². The van der Waals surface area contributed by atoms with E-state index in [1.54, 1.807) is 0 Å². The standard InChI is InChI=1S/C22H23N5/c1-14-4-6-17-16(10-25-26-17)19(14)20-15(2)5-7-18(21(20)23-3)27-9-8-22(13-27)11-24-12-22/h4-7,10,24H,8-9,11-13H2,1-2H3,(H,25,26). The highest BCUT2D eigenvalue weighted by molar-refractivity contribution is 6.03. The lowest BCUT2D eigenvalue weighted by Crippen LogP contribution is -2.54. The molecule has 0 radical (unpaired) electrons. The second-order valence-corrected chi connectivity index (χ2v) is 8.10. The van der Waals surface area contributed by atoms with E-state index in [9.17, 15) is 0 Å². The van der Waals surface area contributed by atoms with Crippen molar-refractivity contribution in [3.8, 4) is 11.1 Å². The molecule has 2 N–H and O–H groups in total. The molecule has 0 unspecified atom stereocenters. The minimum atomic E-state index is 0.408. The zero-order chi connectivity index (χ0) is 18.6. The Kier molecular flexibility index (Phi) is 3.53. The number of aromatic amines is 1. The first kappa shape index (κ1) is 16.3. The highest BCUT2D eigenvalue weighted by atomic mass is 15.2. The van der Waals surface area contributed by atoms with Gasteiger partial charge in [0.15, 0.2) is 0 Å². The Hall–Kier alpha value is -2.84. The SMILES string of the molecule is [C-]#[N+]c1c(N2CCC3(CNC3)C2)ccc(C)c1-c1c(C)ccc2[nH]ncc12. The van der Waals surface area contributed by atoms with Gasteiger partial charge in [0, 0.05) is 42.7 Å². The number of aromatic nitrogens is 2. The molecule has 27 heavy (non-hydrogen) atoms. The largest absolute Gasteiger partial charge is 0.380 e. The Bertz CT molecular complexity index is 1080. The minimum Gasteiger partial charge on any atom is -0.380 e. The Morgan fingerprint density at radius 2 is 1.89 bits per heavy atom. The number of H-pyrrole nitrogens is 1. The summed E-state index contributed by atoms with van der Waals surface area (Å²) >= 11 is 0. The molecule has 2 aromatic carbocycles. The number of rotatable bonds is 2. The maximum Gasteiger partial charge on any atom is 0.217 e. The summed E-state index contributed by atoms with van der Waals surface area (Å²) in [6.45, 7) is 16.5. The normalized spacial score (nSPS) is 18.0. The zero-order valence-electron chi connectivity index (χ0n) is 15.8. The van der Waals surface area contributed by atoms with Gasteiger partial charge in [0.05, 0.1) is 18.3 Å². The van der Waals surface area contributed by atoms with Crippen molar-refractivity contribution in [2.24, 2.45) is 5.41 Å². The number of benzene rings is 2. The van der Waals surface area contributed by atoms with Gasteiger partial charge in [-0.3, -0.25) is 5.10 Å². The first-order chi connectivity index (χ1) is 13.1. The molecule has 1 spiro atoms. The van der Waals surface area contributed by atoms with E-state index in [0.717, 1.165) is 65.1 Å². The molecule has 5 nitrogen and oxygen atoms in total. The molecule has 5 rings (SSSR count). The van der Waals surface area contributed by atoms with Crippen molar-refractivity contribution in [1.82, 2.24) is 15.5 Å². The lowest BCUT2D eigenvalue weighted by molar-refractivity contribution is 0.200. The van der Waals surface area contributed by atoms with Gasteiger partial charge in [0.2, 0.25) is 5.69 Å².